The van der Waals surface area contributed by atoms with Gasteiger partial charge >= 0.3 is 0 Å². The van der Waals surface area contributed by atoms with Gasteiger partial charge in [0.2, 0.25) is 0 Å². The monoisotopic (exact) mass is 324 g/mol. The molecule has 116 valence electrons. The average molecular weight is 324 g/mol. The predicted molar refractivity (Wildman–Crippen MR) is 92.3 cm³/mol. The van der Waals surface area contributed by atoms with E-state index in [0.717, 1.165) is 11.3 Å². The molecule has 1 aromatic heterocycles. The minimum Gasteiger partial charge on any atom is -0.490 e. The second-order valence-corrected chi connectivity index (χ2v) is 5.45. The van der Waals surface area contributed by atoms with Crippen molar-refractivity contribution in [1.29, 1.82) is 5.26 Å². The first-order chi connectivity index (χ1) is 11.2. The van der Waals surface area contributed by atoms with Crippen molar-refractivity contribution < 1.29 is 9.47 Å². The summed E-state index contributed by atoms with van der Waals surface area (Å²) < 4.78 is 11.0. The molecule has 0 bridgehead atoms. The van der Waals surface area contributed by atoms with Crippen molar-refractivity contribution in [2.75, 3.05) is 13.2 Å². The van der Waals surface area contributed by atoms with Crippen LogP contribution in [0.3, 0.4) is 0 Å². The zero-order chi connectivity index (χ0) is 16.7. The molecular formula is C18H16N2O2S. The molecule has 0 unspecified atom stereocenters. The highest BCUT2D eigenvalue weighted by molar-refractivity contribution is 7.11. The van der Waals surface area contributed by atoms with Crippen molar-refractivity contribution in [3.8, 4) is 29.9 Å². The molecule has 0 aliphatic carbocycles. The van der Waals surface area contributed by atoms with Gasteiger partial charge in [0.15, 0.2) is 11.5 Å². The quantitative estimate of drug-likeness (QED) is 0.597. The summed E-state index contributed by atoms with van der Waals surface area (Å²) in [5, 5.41) is 12.0. The summed E-state index contributed by atoms with van der Waals surface area (Å²) in [7, 11) is 0. The summed E-state index contributed by atoms with van der Waals surface area (Å²) in [4.78, 5) is 4.34. The molecule has 23 heavy (non-hydrogen) atoms. The summed E-state index contributed by atoms with van der Waals surface area (Å²) in [6.45, 7) is 4.49. The van der Waals surface area contributed by atoms with Crippen LogP contribution in [0.25, 0.3) is 11.6 Å². The Kier molecular flexibility index (Phi) is 5.80. The molecule has 0 saturated carbocycles. The fourth-order valence-electron chi connectivity index (χ4n) is 1.91. The molecular weight excluding hydrogens is 308 g/mol. The van der Waals surface area contributed by atoms with Gasteiger partial charge in [-0.2, -0.15) is 5.26 Å². The minimum absolute atomic E-state index is 0.178. The molecule has 1 heterocycles. The van der Waals surface area contributed by atoms with E-state index in [0.29, 0.717) is 28.7 Å². The van der Waals surface area contributed by atoms with Crippen molar-refractivity contribution in [3.63, 3.8) is 0 Å². The van der Waals surface area contributed by atoms with Gasteiger partial charge in [-0.05, 0) is 37.6 Å². The molecule has 0 saturated heterocycles. The van der Waals surface area contributed by atoms with Crippen LogP contribution in [-0.4, -0.2) is 18.2 Å². The zero-order valence-corrected chi connectivity index (χ0v) is 13.8. The third-order valence-corrected chi connectivity index (χ3v) is 3.85. The molecule has 2 rings (SSSR count). The van der Waals surface area contributed by atoms with Crippen LogP contribution in [0, 0.1) is 30.6 Å². The molecule has 4 nitrogen and oxygen atoms in total. The number of aromatic nitrogens is 1. The highest BCUT2D eigenvalue weighted by atomic mass is 32.1. The number of nitrogens with zero attached hydrogens (tertiary/aromatic N) is 2. The van der Waals surface area contributed by atoms with Gasteiger partial charge in [0.25, 0.3) is 0 Å². The van der Waals surface area contributed by atoms with E-state index in [1.807, 2.05) is 31.4 Å². The van der Waals surface area contributed by atoms with Gasteiger partial charge in [-0.3, -0.25) is 0 Å². The van der Waals surface area contributed by atoms with E-state index in [-0.39, 0.29) is 6.61 Å². The third kappa shape index (κ3) is 4.35. The first kappa shape index (κ1) is 16.6. The number of aryl methyl sites for hydroxylation is 1. The number of allylic oxidation sites excluding steroid dienone is 1. The largest absolute Gasteiger partial charge is 0.490 e. The van der Waals surface area contributed by atoms with Crippen molar-refractivity contribution >= 4 is 23.0 Å². The Morgan fingerprint density at radius 1 is 1.39 bits per heavy atom. The Labute approximate surface area is 140 Å². The van der Waals surface area contributed by atoms with E-state index in [9.17, 15) is 5.26 Å². The highest BCUT2D eigenvalue weighted by Gasteiger charge is 2.09. The van der Waals surface area contributed by atoms with Gasteiger partial charge in [0.1, 0.15) is 17.7 Å². The molecule has 0 spiro atoms. The molecule has 0 atom stereocenters. The standard InChI is InChI=1S/C18H16N2O2S/c1-4-8-22-16-7-6-14(10-17(16)21-5-2)9-15(11-19)18-20-13(3)12-23-18/h1,6-7,9-10,12H,5,8H2,2-3H3/b15-9+. The van der Waals surface area contributed by atoms with Crippen LogP contribution in [0.4, 0.5) is 0 Å². The van der Waals surface area contributed by atoms with Crippen LogP contribution in [0.15, 0.2) is 23.6 Å². The number of hydrogen-bond donors (Lipinski definition) is 0. The van der Waals surface area contributed by atoms with Crippen LogP contribution in [0.1, 0.15) is 23.2 Å². The zero-order valence-electron chi connectivity index (χ0n) is 13.0. The first-order valence-corrected chi connectivity index (χ1v) is 7.93. The number of nitriles is 1. The lowest BCUT2D eigenvalue weighted by Gasteiger charge is -2.11. The fourth-order valence-corrected chi connectivity index (χ4v) is 2.67. The van der Waals surface area contributed by atoms with E-state index < -0.39 is 0 Å². The predicted octanol–water partition coefficient (Wildman–Crippen LogP) is 3.93. The fraction of sp³-hybridized carbons (Fsp3) is 0.222. The van der Waals surface area contributed by atoms with Crippen molar-refractivity contribution in [1.82, 2.24) is 4.98 Å². The van der Waals surface area contributed by atoms with Gasteiger partial charge < -0.3 is 9.47 Å². The number of thiazole rings is 1. The number of hydrogen-bond acceptors (Lipinski definition) is 5. The Bertz CT molecular complexity index is 794. The molecule has 0 amide bonds. The van der Waals surface area contributed by atoms with E-state index >= 15 is 0 Å². The topological polar surface area (TPSA) is 55.1 Å². The number of ether oxygens (including phenoxy) is 2. The van der Waals surface area contributed by atoms with Crippen LogP contribution < -0.4 is 9.47 Å². The third-order valence-electron chi connectivity index (χ3n) is 2.86. The van der Waals surface area contributed by atoms with E-state index in [2.05, 4.69) is 17.0 Å². The molecule has 0 N–H and O–H groups in total. The van der Waals surface area contributed by atoms with Crippen molar-refractivity contribution in [3.05, 3.63) is 39.8 Å². The summed E-state index contributed by atoms with van der Waals surface area (Å²) in [5.41, 5.74) is 2.26. The van der Waals surface area contributed by atoms with Gasteiger partial charge in [0.05, 0.1) is 12.2 Å². The Morgan fingerprint density at radius 2 is 2.22 bits per heavy atom. The second kappa shape index (κ2) is 8.03. The first-order valence-electron chi connectivity index (χ1n) is 7.05. The summed E-state index contributed by atoms with van der Waals surface area (Å²) in [5.74, 6) is 3.62. The van der Waals surface area contributed by atoms with Crippen molar-refractivity contribution in [2.24, 2.45) is 0 Å². The van der Waals surface area contributed by atoms with E-state index in [4.69, 9.17) is 15.9 Å². The van der Waals surface area contributed by atoms with Crippen LogP contribution >= 0.6 is 11.3 Å². The van der Waals surface area contributed by atoms with Gasteiger partial charge in [-0.25, -0.2) is 4.98 Å². The number of benzene rings is 1. The highest BCUT2D eigenvalue weighted by Crippen LogP contribution is 2.30. The second-order valence-electron chi connectivity index (χ2n) is 4.60. The smallest absolute Gasteiger partial charge is 0.162 e. The van der Waals surface area contributed by atoms with Gasteiger partial charge in [-0.15, -0.1) is 17.8 Å². The van der Waals surface area contributed by atoms with E-state index in [1.54, 1.807) is 12.1 Å². The Balaban J connectivity index is 2.35. The average Bonchev–Trinajstić information content (AvgIpc) is 2.98. The Hall–Kier alpha value is -2.76. The normalized spacial score (nSPS) is 10.7. The summed E-state index contributed by atoms with van der Waals surface area (Å²) >= 11 is 1.45. The number of rotatable bonds is 6. The summed E-state index contributed by atoms with van der Waals surface area (Å²) in [6, 6.07) is 7.66. The summed E-state index contributed by atoms with van der Waals surface area (Å²) in [6.07, 6.45) is 7.00. The van der Waals surface area contributed by atoms with E-state index in [1.165, 1.54) is 11.3 Å². The maximum Gasteiger partial charge on any atom is 0.162 e. The maximum absolute atomic E-state index is 9.36. The molecule has 0 aliphatic heterocycles. The molecule has 5 heteroatoms. The molecule has 0 aliphatic rings. The van der Waals surface area contributed by atoms with Crippen molar-refractivity contribution in [2.45, 2.75) is 13.8 Å². The molecule has 2 aromatic rings. The maximum atomic E-state index is 9.36. The van der Waals surface area contributed by atoms with Crippen LogP contribution in [0.2, 0.25) is 0 Å². The Morgan fingerprint density at radius 3 is 2.83 bits per heavy atom. The SMILES string of the molecule is C#CCOc1ccc(/C=C(\C#N)c2nc(C)cs2)cc1OCC. The molecule has 0 fully saturated rings. The lowest BCUT2D eigenvalue weighted by molar-refractivity contribution is 0.299. The molecule has 1 aromatic carbocycles. The minimum atomic E-state index is 0.178. The van der Waals surface area contributed by atoms with Crippen LogP contribution in [-0.2, 0) is 0 Å². The van der Waals surface area contributed by atoms with Gasteiger partial charge in [-0.1, -0.05) is 12.0 Å². The van der Waals surface area contributed by atoms with Crippen LogP contribution in [0.5, 0.6) is 11.5 Å². The van der Waals surface area contributed by atoms with Gasteiger partial charge in [0, 0.05) is 11.1 Å². The molecule has 0 radical (unpaired) electrons. The lowest BCUT2D eigenvalue weighted by Crippen LogP contribution is -1.99. The number of terminal acetylenes is 1. The lowest BCUT2D eigenvalue weighted by atomic mass is 10.1.